The molecule has 0 aliphatic heterocycles. The maximum Gasteiger partial charge on any atom is 0.340 e. The van der Waals surface area contributed by atoms with Gasteiger partial charge in [-0.2, -0.15) is 0 Å². The zero-order valence-electron chi connectivity index (χ0n) is 3.84. The van der Waals surface area contributed by atoms with Crippen LogP contribution in [0, 0.1) is 0 Å². The molecular formula is C3H3N3O2. The van der Waals surface area contributed by atoms with Crippen LogP contribution in [0.5, 0.6) is 0 Å². The first-order chi connectivity index (χ1) is 3.83. The third-order valence-electron chi connectivity index (χ3n) is 0.631. The van der Waals surface area contributed by atoms with Crippen molar-refractivity contribution in [1.29, 1.82) is 0 Å². The fourth-order valence-electron chi connectivity index (χ4n) is 0.339. The van der Waals surface area contributed by atoms with E-state index in [2.05, 4.69) is 10.1 Å². The second-order valence-corrected chi connectivity index (χ2v) is 1.18. The summed E-state index contributed by atoms with van der Waals surface area (Å²) in [5, 5.41) is 5.30. The number of nitrogens with zero attached hydrogens (tertiary/aromatic N) is 1. The molecule has 1 heterocycles. The molecule has 0 amide bonds. The van der Waals surface area contributed by atoms with Crippen molar-refractivity contribution < 1.29 is 4.79 Å². The lowest BCUT2D eigenvalue weighted by atomic mass is 10.7. The highest BCUT2D eigenvalue weighted by Gasteiger charge is 1.89. The van der Waals surface area contributed by atoms with Gasteiger partial charge in [0.2, 0.25) is 0 Å². The molecule has 0 aliphatic rings. The second-order valence-electron chi connectivity index (χ2n) is 1.18. The van der Waals surface area contributed by atoms with E-state index in [4.69, 9.17) is 0 Å². The molecule has 0 spiro atoms. The van der Waals surface area contributed by atoms with Crippen LogP contribution in [-0.4, -0.2) is 21.5 Å². The van der Waals surface area contributed by atoms with Gasteiger partial charge in [-0.25, -0.2) is 9.89 Å². The Balaban J connectivity index is 3.18. The predicted molar refractivity (Wildman–Crippen MR) is 24.6 cm³/mol. The molecule has 0 aliphatic carbocycles. The predicted octanol–water partition coefficient (Wildman–Crippen LogP) is -1.09. The van der Waals surface area contributed by atoms with Gasteiger partial charge in [-0.1, -0.05) is 0 Å². The van der Waals surface area contributed by atoms with Gasteiger partial charge in [0, 0.05) is 0 Å². The van der Waals surface area contributed by atoms with Crippen molar-refractivity contribution in [3.8, 4) is 0 Å². The monoisotopic (exact) mass is 113 g/mol. The molecule has 1 aromatic rings. The molecule has 2 N–H and O–H groups in total. The first kappa shape index (κ1) is 4.76. The van der Waals surface area contributed by atoms with Crippen molar-refractivity contribution >= 4 is 6.29 Å². The molecule has 0 saturated heterocycles. The molecule has 0 bridgehead atoms. The van der Waals surface area contributed by atoms with Crippen LogP contribution in [0.4, 0.5) is 0 Å². The first-order valence-corrected chi connectivity index (χ1v) is 1.93. The summed E-state index contributed by atoms with van der Waals surface area (Å²) >= 11 is 0. The molecule has 5 heteroatoms. The number of hydrogen-bond acceptors (Lipinski definition) is 3. The van der Waals surface area contributed by atoms with Crippen LogP contribution in [0.15, 0.2) is 4.79 Å². The van der Waals surface area contributed by atoms with Gasteiger partial charge in [-0.15, -0.1) is 5.10 Å². The van der Waals surface area contributed by atoms with Crippen LogP contribution >= 0.6 is 0 Å². The quantitative estimate of drug-likeness (QED) is 0.454. The number of carbonyl (C=O) groups excluding carboxylic acids is 1. The van der Waals surface area contributed by atoms with Crippen molar-refractivity contribution in [2.45, 2.75) is 0 Å². The smallest absolute Gasteiger partial charge is 0.294 e. The average molecular weight is 113 g/mol. The minimum Gasteiger partial charge on any atom is -0.294 e. The van der Waals surface area contributed by atoms with E-state index in [9.17, 15) is 9.59 Å². The van der Waals surface area contributed by atoms with Gasteiger partial charge in [-0.3, -0.25) is 9.78 Å². The van der Waals surface area contributed by atoms with Gasteiger partial charge < -0.3 is 0 Å². The first-order valence-electron chi connectivity index (χ1n) is 1.93. The van der Waals surface area contributed by atoms with Crippen molar-refractivity contribution in [3.63, 3.8) is 0 Å². The van der Waals surface area contributed by atoms with Crippen LogP contribution in [0.2, 0.25) is 0 Å². The molecule has 1 rings (SSSR count). The van der Waals surface area contributed by atoms with Crippen LogP contribution < -0.4 is 5.69 Å². The number of rotatable bonds is 1. The van der Waals surface area contributed by atoms with Crippen molar-refractivity contribution in [2.75, 3.05) is 0 Å². The van der Waals surface area contributed by atoms with Crippen LogP contribution in [-0.2, 0) is 0 Å². The van der Waals surface area contributed by atoms with Crippen molar-refractivity contribution in [2.24, 2.45) is 0 Å². The summed E-state index contributed by atoms with van der Waals surface area (Å²) in [5.74, 6) is 0.0231. The molecular weight excluding hydrogens is 110 g/mol. The Morgan fingerprint density at radius 1 is 1.62 bits per heavy atom. The Hall–Kier alpha value is -1.39. The number of nitrogens with one attached hydrogen (secondary N) is 2. The molecule has 8 heavy (non-hydrogen) atoms. The van der Waals surface area contributed by atoms with Gasteiger partial charge in [0.05, 0.1) is 0 Å². The third-order valence-corrected chi connectivity index (χ3v) is 0.631. The molecule has 0 saturated carbocycles. The largest absolute Gasteiger partial charge is 0.340 e. The molecule has 0 radical (unpaired) electrons. The Bertz CT molecular complexity index is 235. The topological polar surface area (TPSA) is 78.6 Å². The number of hydrogen-bond donors (Lipinski definition) is 2. The molecule has 0 unspecified atom stereocenters. The number of H-pyrrole nitrogens is 2. The van der Waals surface area contributed by atoms with Crippen LogP contribution in [0.3, 0.4) is 0 Å². The highest BCUT2D eigenvalue weighted by atomic mass is 16.1. The van der Waals surface area contributed by atoms with E-state index in [-0.39, 0.29) is 5.82 Å². The maximum atomic E-state index is 10.1. The summed E-state index contributed by atoms with van der Waals surface area (Å²) < 4.78 is 0. The average Bonchev–Trinajstić information content (AvgIpc) is 2.14. The summed E-state index contributed by atoms with van der Waals surface area (Å²) in [6.45, 7) is 0. The number of aromatic amines is 2. The lowest BCUT2D eigenvalue weighted by Gasteiger charge is -1.65. The molecule has 0 fully saturated rings. The zero-order chi connectivity index (χ0) is 5.98. The van der Waals surface area contributed by atoms with Crippen LogP contribution in [0.1, 0.15) is 10.6 Å². The Morgan fingerprint density at radius 2 is 2.38 bits per heavy atom. The van der Waals surface area contributed by atoms with Gasteiger partial charge in [0.25, 0.3) is 0 Å². The van der Waals surface area contributed by atoms with Gasteiger partial charge in [-0.05, 0) is 0 Å². The SMILES string of the molecule is O=Cc1n[nH]c(=O)[nH]1. The van der Waals surface area contributed by atoms with E-state index in [1.54, 1.807) is 0 Å². The van der Waals surface area contributed by atoms with E-state index >= 15 is 0 Å². The van der Waals surface area contributed by atoms with Crippen molar-refractivity contribution in [1.82, 2.24) is 15.2 Å². The highest BCUT2D eigenvalue weighted by Crippen LogP contribution is 1.67. The van der Waals surface area contributed by atoms with E-state index in [1.165, 1.54) is 0 Å². The van der Waals surface area contributed by atoms with E-state index in [0.717, 1.165) is 0 Å². The van der Waals surface area contributed by atoms with Gasteiger partial charge in [0.1, 0.15) is 0 Å². The number of aromatic nitrogens is 3. The molecule has 1 aromatic heterocycles. The summed E-state index contributed by atoms with van der Waals surface area (Å²) in [6, 6.07) is 0. The lowest BCUT2D eigenvalue weighted by Crippen LogP contribution is -2.00. The summed E-state index contributed by atoms with van der Waals surface area (Å²) in [7, 11) is 0. The summed E-state index contributed by atoms with van der Waals surface area (Å²) in [6.07, 6.45) is 0.456. The normalized spacial score (nSPS) is 9.00. The molecule has 0 aromatic carbocycles. The summed E-state index contributed by atoms with van der Waals surface area (Å²) in [5.41, 5.74) is -0.466. The van der Waals surface area contributed by atoms with Crippen LogP contribution in [0.25, 0.3) is 0 Å². The van der Waals surface area contributed by atoms with E-state index in [0.29, 0.717) is 6.29 Å². The number of aldehydes is 1. The minimum atomic E-state index is -0.466. The minimum absolute atomic E-state index is 0.0231. The number of carbonyl (C=O) groups is 1. The van der Waals surface area contributed by atoms with Gasteiger partial charge >= 0.3 is 5.69 Å². The molecule has 42 valence electrons. The third kappa shape index (κ3) is 0.651. The zero-order valence-corrected chi connectivity index (χ0v) is 3.84. The fourth-order valence-corrected chi connectivity index (χ4v) is 0.339. The van der Waals surface area contributed by atoms with E-state index < -0.39 is 5.69 Å². The molecule has 0 atom stereocenters. The van der Waals surface area contributed by atoms with Crippen molar-refractivity contribution in [3.05, 3.63) is 16.3 Å². The lowest BCUT2D eigenvalue weighted by molar-refractivity contribution is 0.111. The van der Waals surface area contributed by atoms with E-state index in [1.807, 2.05) is 5.10 Å². The van der Waals surface area contributed by atoms with Gasteiger partial charge in [0.15, 0.2) is 12.1 Å². The Labute approximate surface area is 43.7 Å². The Kier molecular flexibility index (Phi) is 0.957. The highest BCUT2D eigenvalue weighted by molar-refractivity contribution is 5.67. The maximum absolute atomic E-state index is 10.1. The fraction of sp³-hybridized carbons (Fsp3) is 0. The standard InChI is InChI=1S/C3H3N3O2/c7-1-2-4-3(8)6-5-2/h1H,(H2,4,5,6,8). The molecule has 5 nitrogen and oxygen atoms in total. The summed E-state index contributed by atoms with van der Waals surface area (Å²) in [4.78, 5) is 22.0. The second kappa shape index (κ2) is 1.61. The Morgan fingerprint density at radius 3 is 2.62 bits per heavy atom.